The van der Waals surface area contributed by atoms with Crippen molar-refractivity contribution in [3.63, 3.8) is 0 Å². The first-order valence-corrected chi connectivity index (χ1v) is 10.5. The molecule has 1 aliphatic carbocycles. The van der Waals surface area contributed by atoms with E-state index in [2.05, 4.69) is 23.1 Å². The summed E-state index contributed by atoms with van der Waals surface area (Å²) in [5, 5.41) is 20.3. The van der Waals surface area contributed by atoms with Crippen LogP contribution in [0.1, 0.15) is 31.2 Å². The normalized spacial score (nSPS) is 20.4. The van der Waals surface area contributed by atoms with Gasteiger partial charge in [0.15, 0.2) is 0 Å². The lowest BCUT2D eigenvalue weighted by atomic mass is 9.91. The van der Waals surface area contributed by atoms with Gasteiger partial charge < -0.3 is 10.2 Å². The third-order valence-electron chi connectivity index (χ3n) is 4.94. The summed E-state index contributed by atoms with van der Waals surface area (Å²) in [7, 11) is 0. The number of aliphatic hydroxyl groups is 1. The van der Waals surface area contributed by atoms with Crippen molar-refractivity contribution in [2.45, 2.75) is 49.3 Å². The SMILES string of the molecule is Oc1cccc(CN(CCSc2ccc(Cl)cc2)C2CCC(O)CC2)c1. The second kappa shape index (κ2) is 9.65. The minimum absolute atomic E-state index is 0.141. The van der Waals surface area contributed by atoms with Crippen LogP contribution >= 0.6 is 23.4 Å². The highest BCUT2D eigenvalue weighted by atomic mass is 35.5. The Hall–Kier alpha value is -1.20. The molecule has 26 heavy (non-hydrogen) atoms. The highest BCUT2D eigenvalue weighted by Gasteiger charge is 2.24. The second-order valence-electron chi connectivity index (χ2n) is 6.91. The molecule has 0 aromatic heterocycles. The van der Waals surface area contributed by atoms with Crippen LogP contribution in [0.25, 0.3) is 0 Å². The molecule has 0 radical (unpaired) electrons. The molecule has 5 heteroatoms. The number of aliphatic hydroxyl groups excluding tert-OH is 1. The van der Waals surface area contributed by atoms with E-state index < -0.39 is 0 Å². The Morgan fingerprint density at radius 2 is 1.77 bits per heavy atom. The lowest BCUT2D eigenvalue weighted by molar-refractivity contribution is 0.0732. The van der Waals surface area contributed by atoms with Crippen LogP contribution in [-0.2, 0) is 6.54 Å². The maximum atomic E-state index is 9.82. The third-order valence-corrected chi connectivity index (χ3v) is 6.18. The summed E-state index contributed by atoms with van der Waals surface area (Å²) in [6.07, 6.45) is 3.69. The van der Waals surface area contributed by atoms with E-state index in [0.29, 0.717) is 11.8 Å². The predicted octanol–water partition coefficient (Wildman–Crippen LogP) is 4.94. The van der Waals surface area contributed by atoms with Crippen LogP contribution in [0.2, 0.25) is 5.02 Å². The minimum Gasteiger partial charge on any atom is -0.508 e. The molecule has 0 heterocycles. The van der Waals surface area contributed by atoms with E-state index in [4.69, 9.17) is 11.6 Å². The number of benzene rings is 2. The fraction of sp³-hybridized carbons (Fsp3) is 0.429. The molecule has 1 saturated carbocycles. The van der Waals surface area contributed by atoms with E-state index in [1.54, 1.807) is 6.07 Å². The van der Waals surface area contributed by atoms with Gasteiger partial charge >= 0.3 is 0 Å². The van der Waals surface area contributed by atoms with Gasteiger partial charge in [0.25, 0.3) is 0 Å². The van der Waals surface area contributed by atoms with Gasteiger partial charge in [-0.2, -0.15) is 0 Å². The summed E-state index contributed by atoms with van der Waals surface area (Å²) in [5.41, 5.74) is 1.13. The first-order chi connectivity index (χ1) is 12.6. The van der Waals surface area contributed by atoms with E-state index in [1.165, 1.54) is 4.90 Å². The van der Waals surface area contributed by atoms with Gasteiger partial charge in [0.2, 0.25) is 0 Å². The Labute approximate surface area is 165 Å². The van der Waals surface area contributed by atoms with Gasteiger partial charge in [-0.1, -0.05) is 23.7 Å². The van der Waals surface area contributed by atoms with Crippen molar-refractivity contribution in [2.24, 2.45) is 0 Å². The highest BCUT2D eigenvalue weighted by molar-refractivity contribution is 7.99. The molecule has 0 aliphatic heterocycles. The fourth-order valence-electron chi connectivity index (χ4n) is 3.52. The van der Waals surface area contributed by atoms with Crippen molar-refractivity contribution in [1.82, 2.24) is 4.90 Å². The van der Waals surface area contributed by atoms with Gasteiger partial charge in [0.05, 0.1) is 6.10 Å². The molecule has 3 rings (SSSR count). The fourth-order valence-corrected chi connectivity index (χ4v) is 4.53. The Balaban J connectivity index is 1.61. The Morgan fingerprint density at radius 1 is 1.04 bits per heavy atom. The Morgan fingerprint density at radius 3 is 2.46 bits per heavy atom. The zero-order valence-electron chi connectivity index (χ0n) is 14.9. The number of rotatable bonds is 7. The molecule has 0 saturated heterocycles. The minimum atomic E-state index is -0.141. The largest absolute Gasteiger partial charge is 0.508 e. The Kier molecular flexibility index (Phi) is 7.26. The summed E-state index contributed by atoms with van der Waals surface area (Å²) in [4.78, 5) is 3.73. The molecular formula is C21H26ClNO2S. The van der Waals surface area contributed by atoms with Crippen LogP contribution in [-0.4, -0.2) is 39.6 Å². The quantitative estimate of drug-likeness (QED) is 0.656. The van der Waals surface area contributed by atoms with E-state index in [0.717, 1.165) is 55.1 Å². The first kappa shape index (κ1) is 19.6. The molecule has 140 valence electrons. The number of nitrogens with zero attached hydrogens (tertiary/aromatic N) is 1. The summed E-state index contributed by atoms with van der Waals surface area (Å²) in [6.45, 7) is 1.81. The van der Waals surface area contributed by atoms with E-state index in [-0.39, 0.29) is 6.10 Å². The van der Waals surface area contributed by atoms with Gasteiger partial charge in [-0.3, -0.25) is 4.90 Å². The van der Waals surface area contributed by atoms with E-state index in [1.807, 2.05) is 36.0 Å². The van der Waals surface area contributed by atoms with Crippen LogP contribution < -0.4 is 0 Å². The standard InChI is InChI=1S/C21H26ClNO2S/c22-17-4-10-21(11-5-17)26-13-12-23(18-6-8-19(24)9-7-18)15-16-2-1-3-20(25)14-16/h1-5,10-11,14,18-19,24-25H,6-9,12-13,15H2. The molecule has 2 N–H and O–H groups in total. The van der Waals surface area contributed by atoms with E-state index >= 15 is 0 Å². The van der Waals surface area contributed by atoms with Crippen molar-refractivity contribution in [1.29, 1.82) is 0 Å². The number of phenolic OH excluding ortho intramolecular Hbond substituents is 1. The van der Waals surface area contributed by atoms with Crippen molar-refractivity contribution in [3.8, 4) is 5.75 Å². The van der Waals surface area contributed by atoms with Crippen LogP contribution in [0, 0.1) is 0 Å². The van der Waals surface area contributed by atoms with Crippen molar-refractivity contribution in [2.75, 3.05) is 12.3 Å². The maximum absolute atomic E-state index is 9.82. The van der Waals surface area contributed by atoms with Crippen molar-refractivity contribution < 1.29 is 10.2 Å². The molecule has 3 nitrogen and oxygen atoms in total. The number of aromatic hydroxyl groups is 1. The molecular weight excluding hydrogens is 366 g/mol. The molecule has 0 unspecified atom stereocenters. The van der Waals surface area contributed by atoms with E-state index in [9.17, 15) is 10.2 Å². The summed E-state index contributed by atoms with van der Waals surface area (Å²) >= 11 is 7.79. The van der Waals surface area contributed by atoms with Gasteiger partial charge in [0.1, 0.15) is 5.75 Å². The molecule has 2 aromatic rings. The first-order valence-electron chi connectivity index (χ1n) is 9.18. The number of halogens is 1. The monoisotopic (exact) mass is 391 g/mol. The number of phenols is 1. The predicted molar refractivity (Wildman–Crippen MR) is 109 cm³/mol. The summed E-state index contributed by atoms with van der Waals surface area (Å²) < 4.78 is 0. The molecule has 1 fully saturated rings. The summed E-state index contributed by atoms with van der Waals surface area (Å²) in [5.74, 6) is 1.32. The molecule has 0 atom stereocenters. The molecule has 0 spiro atoms. The van der Waals surface area contributed by atoms with Crippen LogP contribution in [0.4, 0.5) is 0 Å². The van der Waals surface area contributed by atoms with Gasteiger partial charge in [-0.15, -0.1) is 11.8 Å². The topological polar surface area (TPSA) is 43.7 Å². The maximum Gasteiger partial charge on any atom is 0.115 e. The van der Waals surface area contributed by atoms with Crippen LogP contribution in [0.3, 0.4) is 0 Å². The van der Waals surface area contributed by atoms with Crippen molar-refractivity contribution >= 4 is 23.4 Å². The molecule has 1 aliphatic rings. The lowest BCUT2D eigenvalue weighted by Gasteiger charge is -2.36. The smallest absolute Gasteiger partial charge is 0.115 e. The van der Waals surface area contributed by atoms with Crippen LogP contribution in [0.15, 0.2) is 53.4 Å². The lowest BCUT2D eigenvalue weighted by Crippen LogP contribution is -2.39. The van der Waals surface area contributed by atoms with Crippen molar-refractivity contribution in [3.05, 3.63) is 59.1 Å². The average molecular weight is 392 g/mol. The second-order valence-corrected chi connectivity index (χ2v) is 8.51. The molecule has 0 amide bonds. The number of hydrogen-bond acceptors (Lipinski definition) is 4. The Bertz CT molecular complexity index is 687. The zero-order chi connectivity index (χ0) is 18.4. The van der Waals surface area contributed by atoms with Gasteiger partial charge in [-0.25, -0.2) is 0 Å². The number of thioether (sulfide) groups is 1. The number of hydrogen-bond donors (Lipinski definition) is 2. The average Bonchev–Trinajstić information content (AvgIpc) is 2.63. The van der Waals surface area contributed by atoms with Gasteiger partial charge in [0, 0.05) is 34.8 Å². The van der Waals surface area contributed by atoms with Gasteiger partial charge in [-0.05, 0) is 67.6 Å². The third kappa shape index (κ3) is 5.92. The molecule has 0 bridgehead atoms. The summed E-state index contributed by atoms with van der Waals surface area (Å²) in [6, 6.07) is 16.0. The highest BCUT2D eigenvalue weighted by Crippen LogP contribution is 2.27. The van der Waals surface area contributed by atoms with Crippen LogP contribution in [0.5, 0.6) is 5.75 Å². The molecule has 2 aromatic carbocycles. The zero-order valence-corrected chi connectivity index (χ0v) is 16.4.